The van der Waals surface area contributed by atoms with Crippen molar-refractivity contribution < 1.29 is 4.74 Å². The molecule has 108 valence electrons. The summed E-state index contributed by atoms with van der Waals surface area (Å²) in [4.78, 5) is 4.40. The van der Waals surface area contributed by atoms with Gasteiger partial charge in [-0.2, -0.15) is 0 Å². The van der Waals surface area contributed by atoms with Crippen LogP contribution in [0.5, 0.6) is 0 Å². The molecule has 0 aromatic rings. The predicted molar refractivity (Wildman–Crippen MR) is 78.1 cm³/mol. The summed E-state index contributed by atoms with van der Waals surface area (Å²) in [7, 11) is 0. The highest BCUT2D eigenvalue weighted by atomic mass is 16.5. The Morgan fingerprint density at radius 2 is 1.79 bits per heavy atom. The Bertz CT molecular complexity index is 278. The molecular weight excluding hydrogens is 236 g/mol. The van der Waals surface area contributed by atoms with Crippen LogP contribution in [0.3, 0.4) is 0 Å². The number of hydrogen-bond acceptors (Lipinski definition) is 3. The second-order valence-corrected chi connectivity index (χ2v) is 6.01. The molecule has 3 heteroatoms. The molecule has 0 spiro atoms. The molecule has 0 saturated carbocycles. The average molecular weight is 264 g/mol. The Balaban J connectivity index is 1.89. The van der Waals surface area contributed by atoms with E-state index < -0.39 is 0 Å². The average Bonchev–Trinajstić information content (AvgIpc) is 2.83. The zero-order valence-corrected chi connectivity index (χ0v) is 12.5. The molecule has 0 aromatic carbocycles. The number of rotatable bonds is 1. The van der Waals surface area contributed by atoms with Gasteiger partial charge in [-0.3, -0.25) is 0 Å². The van der Waals surface area contributed by atoms with Gasteiger partial charge in [0.2, 0.25) is 6.67 Å². The van der Waals surface area contributed by atoms with Crippen molar-refractivity contribution in [3.8, 4) is 0 Å². The number of nitrogens with zero attached hydrogens (tertiary/aromatic N) is 2. The summed E-state index contributed by atoms with van der Waals surface area (Å²) in [5, 5.41) is 0. The van der Waals surface area contributed by atoms with Crippen molar-refractivity contribution in [3.05, 3.63) is 19.1 Å². The Morgan fingerprint density at radius 1 is 1.05 bits per heavy atom. The first-order valence-electron chi connectivity index (χ1n) is 7.85. The smallest absolute Gasteiger partial charge is 0.208 e. The van der Waals surface area contributed by atoms with Crippen molar-refractivity contribution in [1.82, 2.24) is 9.80 Å². The summed E-state index contributed by atoms with van der Waals surface area (Å²) in [5.41, 5.74) is 0. The fraction of sp³-hybridized carbons (Fsp3) is 0.812. The molecule has 0 aliphatic carbocycles. The number of fused-ring (bicyclic) bond motifs is 2. The van der Waals surface area contributed by atoms with Gasteiger partial charge in [-0.1, -0.05) is 39.5 Å². The number of ether oxygens (including phenoxy) is 1. The Morgan fingerprint density at radius 3 is 2.58 bits per heavy atom. The largest absolute Gasteiger partial charge is 0.379 e. The van der Waals surface area contributed by atoms with Gasteiger partial charge in [-0.05, 0) is 18.8 Å². The zero-order valence-electron chi connectivity index (χ0n) is 12.5. The van der Waals surface area contributed by atoms with Crippen LogP contribution in [0, 0.1) is 12.6 Å². The molecule has 0 amide bonds. The molecule has 1 saturated heterocycles. The molecular formula is C16H28N2O. The lowest BCUT2D eigenvalue weighted by Crippen LogP contribution is -2.38. The minimum absolute atomic E-state index is 0.407. The van der Waals surface area contributed by atoms with E-state index in [4.69, 9.17) is 4.74 Å². The van der Waals surface area contributed by atoms with Gasteiger partial charge in [-0.15, -0.1) is 0 Å². The molecule has 1 fully saturated rings. The standard InChI is InChI=1S/C16H28N2O/c1-15(2)16-13-19-12-8-6-4-3-5-7-9-17-10-11-18(16)14-17/h10-11,15-16H,3-9,12-13H2,1-2H3/t16-/m1/s1. The normalized spacial score (nSPS) is 26.8. The van der Waals surface area contributed by atoms with E-state index in [1.54, 1.807) is 0 Å². The van der Waals surface area contributed by atoms with E-state index in [1.165, 1.54) is 38.5 Å². The summed E-state index contributed by atoms with van der Waals surface area (Å²) in [6.07, 6.45) is 12.1. The van der Waals surface area contributed by atoms with Crippen LogP contribution in [0.15, 0.2) is 12.4 Å². The fourth-order valence-corrected chi connectivity index (χ4v) is 2.67. The lowest BCUT2D eigenvalue weighted by molar-refractivity contribution is 0.0617. The van der Waals surface area contributed by atoms with E-state index in [-0.39, 0.29) is 0 Å². The minimum Gasteiger partial charge on any atom is -0.379 e. The van der Waals surface area contributed by atoms with E-state index in [1.807, 2.05) is 0 Å². The van der Waals surface area contributed by atoms with Crippen molar-refractivity contribution >= 4 is 0 Å². The first-order chi connectivity index (χ1) is 9.27. The second kappa shape index (κ2) is 7.78. The molecule has 2 aliphatic rings. The summed E-state index contributed by atoms with van der Waals surface area (Å²) < 4.78 is 5.87. The second-order valence-electron chi connectivity index (χ2n) is 6.01. The van der Waals surface area contributed by atoms with Crippen LogP contribution < -0.4 is 0 Å². The maximum absolute atomic E-state index is 5.87. The molecule has 2 heterocycles. The molecule has 2 radical (unpaired) electrons. The van der Waals surface area contributed by atoms with Gasteiger partial charge in [0.15, 0.2) is 0 Å². The summed E-state index contributed by atoms with van der Waals surface area (Å²) in [5.74, 6) is 0.574. The van der Waals surface area contributed by atoms with Crippen LogP contribution in [0.1, 0.15) is 52.4 Å². The van der Waals surface area contributed by atoms with Gasteiger partial charge in [0.1, 0.15) is 0 Å². The first kappa shape index (κ1) is 14.7. The molecule has 1 atom stereocenters. The lowest BCUT2D eigenvalue weighted by Gasteiger charge is -2.31. The highest BCUT2D eigenvalue weighted by Gasteiger charge is 2.25. The van der Waals surface area contributed by atoms with E-state index in [2.05, 4.69) is 42.7 Å². The van der Waals surface area contributed by atoms with E-state index in [9.17, 15) is 0 Å². The Labute approximate surface area is 118 Å². The zero-order chi connectivity index (χ0) is 13.5. The summed E-state index contributed by atoms with van der Waals surface area (Å²) >= 11 is 0. The third-order valence-corrected chi connectivity index (χ3v) is 4.00. The van der Waals surface area contributed by atoms with Crippen molar-refractivity contribution in [2.24, 2.45) is 5.92 Å². The third-order valence-electron chi connectivity index (χ3n) is 4.00. The molecule has 19 heavy (non-hydrogen) atoms. The minimum atomic E-state index is 0.407. The van der Waals surface area contributed by atoms with Crippen LogP contribution in [0.2, 0.25) is 0 Å². The lowest BCUT2D eigenvalue weighted by atomic mass is 10.0. The molecule has 0 unspecified atom stereocenters. The Hall–Kier alpha value is -0.700. The molecule has 3 nitrogen and oxygen atoms in total. The van der Waals surface area contributed by atoms with Crippen molar-refractivity contribution in [1.29, 1.82) is 0 Å². The van der Waals surface area contributed by atoms with Gasteiger partial charge < -0.3 is 14.5 Å². The van der Waals surface area contributed by atoms with E-state index in [0.29, 0.717) is 12.0 Å². The quantitative estimate of drug-likeness (QED) is 0.721. The van der Waals surface area contributed by atoms with Gasteiger partial charge in [0.25, 0.3) is 0 Å². The van der Waals surface area contributed by atoms with Gasteiger partial charge in [0, 0.05) is 25.6 Å². The molecule has 0 N–H and O–H groups in total. The predicted octanol–water partition coefficient (Wildman–Crippen LogP) is 3.47. The van der Waals surface area contributed by atoms with Gasteiger partial charge in [0.05, 0.1) is 12.6 Å². The van der Waals surface area contributed by atoms with Crippen LogP contribution in [-0.2, 0) is 4.74 Å². The van der Waals surface area contributed by atoms with Crippen LogP contribution >= 0.6 is 0 Å². The highest BCUT2D eigenvalue weighted by molar-refractivity contribution is 5.00. The summed E-state index contributed by atoms with van der Waals surface area (Å²) in [6, 6.07) is 0.407. The van der Waals surface area contributed by atoms with E-state index >= 15 is 0 Å². The summed E-state index contributed by atoms with van der Waals surface area (Å²) in [6.45, 7) is 10.8. The van der Waals surface area contributed by atoms with Gasteiger partial charge in [-0.25, -0.2) is 0 Å². The maximum Gasteiger partial charge on any atom is 0.208 e. The van der Waals surface area contributed by atoms with Crippen LogP contribution in [0.4, 0.5) is 0 Å². The molecule has 2 bridgehead atoms. The molecule has 2 rings (SSSR count). The molecule has 0 aromatic heterocycles. The topological polar surface area (TPSA) is 15.7 Å². The van der Waals surface area contributed by atoms with Crippen molar-refractivity contribution in [3.63, 3.8) is 0 Å². The fourth-order valence-electron chi connectivity index (χ4n) is 2.67. The monoisotopic (exact) mass is 264 g/mol. The van der Waals surface area contributed by atoms with Crippen molar-refractivity contribution in [2.75, 3.05) is 19.8 Å². The van der Waals surface area contributed by atoms with Gasteiger partial charge >= 0.3 is 0 Å². The SMILES string of the molecule is CC(C)[C@H]1COCCCCCCCCN2[C]N1C=C2. The number of hydrogen-bond donors (Lipinski definition) is 0. The Kier molecular flexibility index (Phi) is 6.02. The van der Waals surface area contributed by atoms with Crippen LogP contribution in [-0.4, -0.2) is 35.6 Å². The van der Waals surface area contributed by atoms with Crippen molar-refractivity contribution in [2.45, 2.75) is 58.4 Å². The third kappa shape index (κ3) is 4.72. The van der Waals surface area contributed by atoms with Crippen LogP contribution in [0.25, 0.3) is 0 Å². The highest BCUT2D eigenvalue weighted by Crippen LogP contribution is 2.21. The maximum atomic E-state index is 5.87. The molecule has 2 aliphatic heterocycles. The first-order valence-corrected chi connectivity index (χ1v) is 7.85. The van der Waals surface area contributed by atoms with E-state index in [0.717, 1.165) is 19.8 Å².